The molecule has 0 atom stereocenters. The Morgan fingerprint density at radius 1 is 1.20 bits per heavy atom. The molecule has 0 fully saturated rings. The molecule has 1 N–H and O–H groups in total. The van der Waals surface area contributed by atoms with Gasteiger partial charge in [0.15, 0.2) is 0 Å². The molecule has 0 aliphatic rings. The molecule has 0 aliphatic heterocycles. The van der Waals surface area contributed by atoms with E-state index in [1.54, 1.807) is 11.3 Å². The van der Waals surface area contributed by atoms with Crippen molar-refractivity contribution in [3.8, 4) is 0 Å². The van der Waals surface area contributed by atoms with Crippen LogP contribution in [0.3, 0.4) is 0 Å². The largest absolute Gasteiger partial charge is 0.379 e. The standard InChI is InChI=1S/C15H23N3OS/c1-9(2)19-8-6-7-16-14-13-10(3)11(4)20-15(13)18-12(5)17-14/h9H,6-8H2,1-5H3,(H,16,17,18). The highest BCUT2D eigenvalue weighted by Gasteiger charge is 2.12. The van der Waals surface area contributed by atoms with E-state index in [2.05, 4.69) is 43.0 Å². The van der Waals surface area contributed by atoms with Gasteiger partial charge in [-0.2, -0.15) is 0 Å². The first kappa shape index (κ1) is 15.2. The number of thiophene rings is 1. The summed E-state index contributed by atoms with van der Waals surface area (Å²) in [5.41, 5.74) is 1.28. The van der Waals surface area contributed by atoms with E-state index in [4.69, 9.17) is 4.74 Å². The Hall–Kier alpha value is -1.20. The maximum absolute atomic E-state index is 5.55. The molecule has 2 heterocycles. The summed E-state index contributed by atoms with van der Waals surface area (Å²) in [6.07, 6.45) is 1.27. The number of rotatable bonds is 6. The summed E-state index contributed by atoms with van der Waals surface area (Å²) < 4.78 is 5.55. The highest BCUT2D eigenvalue weighted by Crippen LogP contribution is 2.33. The molecule has 0 unspecified atom stereocenters. The molecule has 0 aliphatic carbocycles. The van der Waals surface area contributed by atoms with E-state index in [-0.39, 0.29) is 0 Å². The van der Waals surface area contributed by atoms with Crippen molar-refractivity contribution >= 4 is 27.4 Å². The van der Waals surface area contributed by atoms with Crippen LogP contribution >= 0.6 is 11.3 Å². The lowest BCUT2D eigenvalue weighted by Gasteiger charge is -2.10. The van der Waals surface area contributed by atoms with E-state index in [0.717, 1.165) is 36.0 Å². The van der Waals surface area contributed by atoms with Crippen LogP contribution in [0.25, 0.3) is 10.2 Å². The van der Waals surface area contributed by atoms with Crippen molar-refractivity contribution in [2.24, 2.45) is 0 Å². The number of hydrogen-bond donors (Lipinski definition) is 1. The van der Waals surface area contributed by atoms with Crippen molar-refractivity contribution in [1.29, 1.82) is 0 Å². The number of aromatic nitrogens is 2. The van der Waals surface area contributed by atoms with E-state index in [0.29, 0.717) is 6.10 Å². The first-order valence-corrected chi connectivity index (χ1v) is 7.90. The zero-order valence-corrected chi connectivity index (χ0v) is 13.7. The Morgan fingerprint density at radius 2 is 1.95 bits per heavy atom. The molecule has 2 aromatic heterocycles. The van der Waals surface area contributed by atoms with Crippen LogP contribution in [0.5, 0.6) is 0 Å². The molecule has 20 heavy (non-hydrogen) atoms. The first-order valence-electron chi connectivity index (χ1n) is 7.09. The van der Waals surface area contributed by atoms with Crippen molar-refractivity contribution < 1.29 is 4.74 Å². The minimum Gasteiger partial charge on any atom is -0.379 e. The first-order chi connectivity index (χ1) is 9.49. The second-order valence-electron chi connectivity index (χ2n) is 5.28. The number of fused-ring (bicyclic) bond motifs is 1. The molecule has 110 valence electrons. The average Bonchev–Trinajstić information content (AvgIpc) is 2.63. The Balaban J connectivity index is 2.09. The van der Waals surface area contributed by atoms with Gasteiger partial charge in [0.25, 0.3) is 0 Å². The summed E-state index contributed by atoms with van der Waals surface area (Å²) in [4.78, 5) is 11.5. The third-order valence-electron chi connectivity index (χ3n) is 3.21. The molecule has 0 spiro atoms. The lowest BCUT2D eigenvalue weighted by Crippen LogP contribution is -2.10. The van der Waals surface area contributed by atoms with Gasteiger partial charge < -0.3 is 10.1 Å². The van der Waals surface area contributed by atoms with Gasteiger partial charge in [-0.3, -0.25) is 0 Å². The molecule has 0 aromatic carbocycles. The molecular weight excluding hydrogens is 270 g/mol. The minimum absolute atomic E-state index is 0.296. The van der Waals surface area contributed by atoms with Crippen molar-refractivity contribution in [1.82, 2.24) is 9.97 Å². The maximum Gasteiger partial charge on any atom is 0.138 e. The quantitative estimate of drug-likeness (QED) is 0.822. The zero-order chi connectivity index (χ0) is 14.7. The van der Waals surface area contributed by atoms with Gasteiger partial charge in [0.1, 0.15) is 16.5 Å². The minimum atomic E-state index is 0.296. The number of aryl methyl sites for hydroxylation is 3. The summed E-state index contributed by atoms with van der Waals surface area (Å²) in [6.45, 7) is 12.0. The highest BCUT2D eigenvalue weighted by atomic mass is 32.1. The SMILES string of the molecule is Cc1nc(NCCCOC(C)C)c2c(C)c(C)sc2n1. The van der Waals surface area contributed by atoms with Crippen LogP contribution in [0, 0.1) is 20.8 Å². The second-order valence-corrected chi connectivity index (χ2v) is 6.49. The predicted molar refractivity (Wildman–Crippen MR) is 85.8 cm³/mol. The number of anilines is 1. The van der Waals surface area contributed by atoms with Crippen LogP contribution in [0.15, 0.2) is 0 Å². The van der Waals surface area contributed by atoms with Crippen molar-refractivity contribution in [2.45, 2.75) is 47.1 Å². The Bertz CT molecular complexity index is 592. The van der Waals surface area contributed by atoms with Gasteiger partial charge >= 0.3 is 0 Å². The lowest BCUT2D eigenvalue weighted by atomic mass is 10.2. The second kappa shape index (κ2) is 6.50. The maximum atomic E-state index is 5.55. The molecule has 2 rings (SSSR count). The Labute approximate surface area is 124 Å². The number of ether oxygens (including phenoxy) is 1. The fourth-order valence-corrected chi connectivity index (χ4v) is 3.16. The van der Waals surface area contributed by atoms with Crippen molar-refractivity contribution in [2.75, 3.05) is 18.5 Å². The summed E-state index contributed by atoms with van der Waals surface area (Å²) in [5, 5.41) is 4.60. The van der Waals surface area contributed by atoms with Crippen LogP contribution in [0.1, 0.15) is 36.5 Å². The summed E-state index contributed by atoms with van der Waals surface area (Å²) >= 11 is 1.74. The van der Waals surface area contributed by atoms with Crippen LogP contribution in [-0.2, 0) is 4.74 Å². The molecule has 0 bridgehead atoms. The van der Waals surface area contributed by atoms with Gasteiger partial charge in [-0.15, -0.1) is 11.3 Å². The van der Waals surface area contributed by atoms with Crippen LogP contribution in [-0.4, -0.2) is 29.2 Å². The third kappa shape index (κ3) is 3.46. The fraction of sp³-hybridized carbons (Fsp3) is 0.600. The molecule has 0 radical (unpaired) electrons. The van der Waals surface area contributed by atoms with Crippen LogP contribution in [0.4, 0.5) is 5.82 Å². The molecule has 2 aromatic rings. The Morgan fingerprint density at radius 3 is 2.65 bits per heavy atom. The van der Waals surface area contributed by atoms with Crippen molar-refractivity contribution in [3.63, 3.8) is 0 Å². The van der Waals surface area contributed by atoms with E-state index in [9.17, 15) is 0 Å². The average molecular weight is 293 g/mol. The number of nitrogens with zero attached hydrogens (tertiary/aromatic N) is 2. The van der Waals surface area contributed by atoms with E-state index in [1.807, 2.05) is 6.92 Å². The number of hydrogen-bond acceptors (Lipinski definition) is 5. The predicted octanol–water partition coefficient (Wildman–Crippen LogP) is 3.84. The molecular formula is C15H23N3OS. The third-order valence-corrected chi connectivity index (χ3v) is 4.31. The van der Waals surface area contributed by atoms with Crippen LogP contribution in [0.2, 0.25) is 0 Å². The fourth-order valence-electron chi connectivity index (χ4n) is 2.08. The van der Waals surface area contributed by atoms with Gasteiger partial charge in [0.05, 0.1) is 11.5 Å². The lowest BCUT2D eigenvalue weighted by molar-refractivity contribution is 0.0787. The van der Waals surface area contributed by atoms with E-state index in [1.165, 1.54) is 15.8 Å². The van der Waals surface area contributed by atoms with Gasteiger partial charge in [0, 0.05) is 18.0 Å². The molecule has 4 nitrogen and oxygen atoms in total. The summed E-state index contributed by atoms with van der Waals surface area (Å²) in [5.74, 6) is 1.78. The summed E-state index contributed by atoms with van der Waals surface area (Å²) in [7, 11) is 0. The van der Waals surface area contributed by atoms with Gasteiger partial charge in [0.2, 0.25) is 0 Å². The van der Waals surface area contributed by atoms with Gasteiger partial charge in [-0.1, -0.05) is 0 Å². The normalized spacial score (nSPS) is 11.5. The van der Waals surface area contributed by atoms with Crippen LogP contribution < -0.4 is 5.32 Å². The molecule has 5 heteroatoms. The monoisotopic (exact) mass is 293 g/mol. The van der Waals surface area contributed by atoms with E-state index >= 15 is 0 Å². The van der Waals surface area contributed by atoms with Crippen molar-refractivity contribution in [3.05, 3.63) is 16.3 Å². The molecule has 0 amide bonds. The topological polar surface area (TPSA) is 47.0 Å². The summed E-state index contributed by atoms with van der Waals surface area (Å²) in [6, 6.07) is 0. The number of nitrogens with one attached hydrogen (secondary N) is 1. The van der Waals surface area contributed by atoms with Gasteiger partial charge in [-0.05, 0) is 46.6 Å². The highest BCUT2D eigenvalue weighted by molar-refractivity contribution is 7.18. The van der Waals surface area contributed by atoms with E-state index < -0.39 is 0 Å². The van der Waals surface area contributed by atoms with Gasteiger partial charge in [-0.25, -0.2) is 9.97 Å². The smallest absolute Gasteiger partial charge is 0.138 e. The Kier molecular flexibility index (Phi) is 4.94. The zero-order valence-electron chi connectivity index (χ0n) is 12.9. The molecule has 0 saturated heterocycles. The molecule has 0 saturated carbocycles.